The number of carbonyl (C=O) groups excluding carboxylic acids is 1. The molecule has 1 amide bonds. The van der Waals surface area contributed by atoms with Crippen LogP contribution in [0.25, 0.3) is 0 Å². The summed E-state index contributed by atoms with van der Waals surface area (Å²) in [5.74, 6) is 0.561. The second kappa shape index (κ2) is 11.7. The van der Waals surface area contributed by atoms with Gasteiger partial charge in [-0.1, -0.05) is 66.7 Å². The molecule has 1 aliphatic carbocycles. The van der Waals surface area contributed by atoms with E-state index in [9.17, 15) is 4.79 Å². The molecule has 184 valence electrons. The zero-order valence-corrected chi connectivity index (χ0v) is 21.1. The zero-order valence-electron chi connectivity index (χ0n) is 20.2. The van der Waals surface area contributed by atoms with E-state index in [4.69, 9.17) is 4.74 Å². The van der Waals surface area contributed by atoms with Crippen LogP contribution in [-0.4, -0.2) is 37.0 Å². The molecule has 35 heavy (non-hydrogen) atoms. The number of likely N-dealkylation sites (tertiary alicyclic amines) is 1. The summed E-state index contributed by atoms with van der Waals surface area (Å²) in [4.78, 5) is 15.4. The van der Waals surface area contributed by atoms with E-state index >= 15 is 0 Å². The van der Waals surface area contributed by atoms with Gasteiger partial charge in [-0.3, -0.25) is 4.79 Å². The lowest BCUT2D eigenvalue weighted by Crippen LogP contribution is -2.42. The van der Waals surface area contributed by atoms with Gasteiger partial charge >= 0.3 is 0 Å². The van der Waals surface area contributed by atoms with Crippen molar-refractivity contribution in [2.45, 2.75) is 44.1 Å². The number of rotatable bonds is 8. The number of carbonyl (C=O) groups is 1. The molecule has 2 aliphatic rings. The van der Waals surface area contributed by atoms with Gasteiger partial charge in [0, 0.05) is 6.54 Å². The second-order valence-electron chi connectivity index (χ2n) is 9.66. The van der Waals surface area contributed by atoms with E-state index in [1.54, 1.807) is 11.1 Å². The summed E-state index contributed by atoms with van der Waals surface area (Å²) in [7, 11) is 0. The quantitative estimate of drug-likeness (QED) is 0.406. The van der Waals surface area contributed by atoms with Gasteiger partial charge in [0.1, 0.15) is 12.4 Å². The summed E-state index contributed by atoms with van der Waals surface area (Å²) in [6, 6.07) is 26.5. The van der Waals surface area contributed by atoms with E-state index in [0.29, 0.717) is 29.9 Å². The van der Waals surface area contributed by atoms with E-state index in [-0.39, 0.29) is 18.3 Å². The molecular formula is C30H35ClN2O2. The molecule has 3 aromatic carbocycles. The van der Waals surface area contributed by atoms with Crippen LogP contribution in [0, 0.1) is 0 Å². The number of para-hydroxylation sites is 1. The van der Waals surface area contributed by atoms with Crippen LogP contribution in [0.5, 0.6) is 5.75 Å². The van der Waals surface area contributed by atoms with Crippen LogP contribution in [0.15, 0.2) is 78.9 Å². The van der Waals surface area contributed by atoms with Gasteiger partial charge in [-0.25, -0.2) is 0 Å². The Bertz CT molecular complexity index is 1110. The zero-order chi connectivity index (χ0) is 23.2. The summed E-state index contributed by atoms with van der Waals surface area (Å²) >= 11 is 0. The van der Waals surface area contributed by atoms with Crippen molar-refractivity contribution in [3.8, 4) is 5.75 Å². The maximum absolute atomic E-state index is 12.8. The lowest BCUT2D eigenvalue weighted by Gasteiger charge is -2.40. The minimum atomic E-state index is -0.0659. The van der Waals surface area contributed by atoms with Crippen LogP contribution in [-0.2, 0) is 18.4 Å². The first-order valence-electron chi connectivity index (χ1n) is 12.6. The summed E-state index contributed by atoms with van der Waals surface area (Å²) in [5, 5.41) is 3.09. The van der Waals surface area contributed by atoms with E-state index in [1.165, 1.54) is 25.7 Å². The highest BCUT2D eigenvalue weighted by atomic mass is 35.5. The highest BCUT2D eigenvalue weighted by molar-refractivity contribution is 5.96. The lowest BCUT2D eigenvalue weighted by atomic mass is 9.74. The third-order valence-electron chi connectivity index (χ3n) is 7.58. The first-order valence-corrected chi connectivity index (χ1v) is 12.6. The number of piperidine rings is 1. The van der Waals surface area contributed by atoms with Crippen molar-refractivity contribution in [1.82, 2.24) is 10.2 Å². The van der Waals surface area contributed by atoms with Crippen molar-refractivity contribution < 1.29 is 9.53 Å². The SMILES string of the molecule is Cl.O=C(NCCCN1CCC2(CCc3ccccc32)CC1)c1ccccc1OCc1ccccc1. The molecule has 0 bridgehead atoms. The Kier molecular flexibility index (Phi) is 8.48. The van der Waals surface area contributed by atoms with Crippen molar-refractivity contribution in [2.75, 3.05) is 26.2 Å². The normalized spacial score (nSPS) is 16.3. The molecule has 0 aromatic heterocycles. The van der Waals surface area contributed by atoms with E-state index in [0.717, 1.165) is 31.6 Å². The molecule has 1 fully saturated rings. The number of benzene rings is 3. The Balaban J connectivity index is 0.00000289. The smallest absolute Gasteiger partial charge is 0.255 e. The molecule has 1 saturated heterocycles. The highest BCUT2D eigenvalue weighted by Gasteiger charge is 2.40. The number of hydrogen-bond donors (Lipinski definition) is 1. The second-order valence-corrected chi connectivity index (χ2v) is 9.66. The fourth-order valence-electron chi connectivity index (χ4n) is 5.60. The average Bonchev–Trinajstić information content (AvgIpc) is 3.25. The summed E-state index contributed by atoms with van der Waals surface area (Å²) in [6.45, 7) is 4.46. The standard InChI is InChI=1S/C30H34N2O2.ClH/c33-29(26-12-5-7-14-28(26)34-23-24-9-2-1-3-10-24)31-19-8-20-32-21-17-30(18-22-32)16-15-25-11-4-6-13-27(25)30;/h1-7,9-14H,8,15-23H2,(H,31,33);1H. The Labute approximate surface area is 215 Å². The number of fused-ring (bicyclic) bond motifs is 2. The Morgan fingerprint density at radius 2 is 1.60 bits per heavy atom. The van der Waals surface area contributed by atoms with Gasteiger partial charge in [0.15, 0.2) is 0 Å². The summed E-state index contributed by atoms with van der Waals surface area (Å²) in [6.07, 6.45) is 6.01. The number of nitrogens with one attached hydrogen (secondary N) is 1. The molecule has 4 nitrogen and oxygen atoms in total. The molecule has 0 unspecified atom stereocenters. The number of amides is 1. The molecule has 0 radical (unpaired) electrons. The lowest BCUT2D eigenvalue weighted by molar-refractivity contribution is 0.0945. The van der Waals surface area contributed by atoms with Crippen molar-refractivity contribution in [3.63, 3.8) is 0 Å². The van der Waals surface area contributed by atoms with E-state index < -0.39 is 0 Å². The van der Waals surface area contributed by atoms with Gasteiger partial charge in [0.25, 0.3) is 5.91 Å². The Morgan fingerprint density at radius 1 is 0.886 bits per heavy atom. The van der Waals surface area contributed by atoms with Crippen LogP contribution >= 0.6 is 12.4 Å². The van der Waals surface area contributed by atoms with Crippen molar-refractivity contribution in [3.05, 3.63) is 101 Å². The van der Waals surface area contributed by atoms with Crippen LogP contribution in [0.1, 0.15) is 52.7 Å². The highest BCUT2D eigenvalue weighted by Crippen LogP contribution is 2.46. The van der Waals surface area contributed by atoms with Crippen LogP contribution in [0.4, 0.5) is 0 Å². The monoisotopic (exact) mass is 490 g/mol. The minimum Gasteiger partial charge on any atom is -0.488 e. The summed E-state index contributed by atoms with van der Waals surface area (Å²) in [5.41, 5.74) is 5.26. The molecular weight excluding hydrogens is 456 g/mol. The molecule has 1 spiro atoms. The van der Waals surface area contributed by atoms with Crippen molar-refractivity contribution in [1.29, 1.82) is 0 Å². The molecule has 3 aromatic rings. The number of aryl methyl sites for hydroxylation is 1. The number of halogens is 1. The molecule has 1 heterocycles. The fraction of sp³-hybridized carbons (Fsp3) is 0.367. The van der Waals surface area contributed by atoms with Gasteiger partial charge in [-0.15, -0.1) is 12.4 Å². The van der Waals surface area contributed by atoms with Crippen LogP contribution in [0.3, 0.4) is 0 Å². The largest absolute Gasteiger partial charge is 0.488 e. The topological polar surface area (TPSA) is 41.6 Å². The molecule has 0 atom stereocenters. The minimum absolute atomic E-state index is 0. The molecule has 5 heteroatoms. The van der Waals surface area contributed by atoms with Gasteiger partial charge in [-0.2, -0.15) is 0 Å². The maximum Gasteiger partial charge on any atom is 0.255 e. The first kappa shape index (κ1) is 25.3. The number of hydrogen-bond acceptors (Lipinski definition) is 3. The molecule has 1 aliphatic heterocycles. The molecule has 1 N–H and O–H groups in total. The first-order chi connectivity index (χ1) is 16.7. The number of nitrogens with zero attached hydrogens (tertiary/aromatic N) is 1. The van der Waals surface area contributed by atoms with Crippen molar-refractivity contribution >= 4 is 18.3 Å². The number of ether oxygens (including phenoxy) is 1. The van der Waals surface area contributed by atoms with E-state index in [2.05, 4.69) is 34.5 Å². The molecule has 5 rings (SSSR count). The van der Waals surface area contributed by atoms with Gasteiger partial charge in [-0.05, 0) is 86.0 Å². The van der Waals surface area contributed by atoms with Crippen LogP contribution in [0.2, 0.25) is 0 Å². The summed E-state index contributed by atoms with van der Waals surface area (Å²) < 4.78 is 5.95. The van der Waals surface area contributed by atoms with Gasteiger partial charge in [0.2, 0.25) is 0 Å². The molecule has 0 saturated carbocycles. The third-order valence-corrected chi connectivity index (χ3v) is 7.58. The third kappa shape index (κ3) is 5.88. The average molecular weight is 491 g/mol. The fourth-order valence-corrected chi connectivity index (χ4v) is 5.60. The van der Waals surface area contributed by atoms with E-state index in [1.807, 2.05) is 54.6 Å². The Morgan fingerprint density at radius 3 is 2.43 bits per heavy atom. The van der Waals surface area contributed by atoms with Gasteiger partial charge < -0.3 is 15.0 Å². The Hall–Kier alpha value is -2.82. The van der Waals surface area contributed by atoms with Crippen LogP contribution < -0.4 is 10.1 Å². The van der Waals surface area contributed by atoms with Crippen molar-refractivity contribution in [2.24, 2.45) is 0 Å². The predicted molar refractivity (Wildman–Crippen MR) is 144 cm³/mol. The van der Waals surface area contributed by atoms with Gasteiger partial charge in [0.05, 0.1) is 5.56 Å². The maximum atomic E-state index is 12.8. The predicted octanol–water partition coefficient (Wildman–Crippen LogP) is 5.79.